The van der Waals surface area contributed by atoms with Crippen LogP contribution in [0.5, 0.6) is 0 Å². The van der Waals surface area contributed by atoms with Gasteiger partial charge in [-0.2, -0.15) is 0 Å². The summed E-state index contributed by atoms with van der Waals surface area (Å²) in [6, 6.07) is 3.97. The Kier molecular flexibility index (Phi) is 1.52. The molecule has 52 valence electrons. The molecular weight excluding hydrogens is 164 g/mol. The highest BCUT2D eigenvalue weighted by atomic mass is 32.8. The molecule has 1 aliphatic rings. The molecule has 2 heterocycles. The molecule has 1 atom stereocenters. The van der Waals surface area contributed by atoms with Crippen molar-refractivity contribution in [2.45, 2.75) is 11.4 Å². The first-order valence-electron chi connectivity index (χ1n) is 2.97. The van der Waals surface area contributed by atoms with Crippen molar-refractivity contribution in [1.82, 2.24) is 9.71 Å². The summed E-state index contributed by atoms with van der Waals surface area (Å²) in [7, 11) is -0.177. The molecule has 0 amide bonds. The summed E-state index contributed by atoms with van der Waals surface area (Å²) in [6.45, 7) is 0.836. The van der Waals surface area contributed by atoms with Gasteiger partial charge in [0.15, 0.2) is 0 Å². The predicted molar refractivity (Wildman–Crippen MR) is 44.1 cm³/mol. The lowest BCUT2D eigenvalue weighted by Gasteiger charge is -1.92. The Balaban J connectivity index is 2.61. The van der Waals surface area contributed by atoms with Crippen molar-refractivity contribution in [1.29, 1.82) is 0 Å². The molecule has 0 aliphatic carbocycles. The molecule has 0 bridgehead atoms. The summed E-state index contributed by atoms with van der Waals surface area (Å²) >= 11 is 5.13. The number of aromatic nitrogens is 1. The molecule has 10 heavy (non-hydrogen) atoms. The number of hydrogen-bond acceptors (Lipinski definition) is 2. The van der Waals surface area contributed by atoms with Gasteiger partial charge in [-0.25, -0.2) is 0 Å². The van der Waals surface area contributed by atoms with Crippen LogP contribution in [-0.4, -0.2) is 4.98 Å². The van der Waals surface area contributed by atoms with Gasteiger partial charge >= 0.3 is 0 Å². The molecular formula is C6H6N2S2. The summed E-state index contributed by atoms with van der Waals surface area (Å²) in [4.78, 5) is 5.38. The maximum absolute atomic E-state index is 5.13. The van der Waals surface area contributed by atoms with Crippen LogP contribution in [0.25, 0.3) is 0 Å². The molecule has 0 radical (unpaired) electrons. The van der Waals surface area contributed by atoms with Crippen molar-refractivity contribution in [3.05, 3.63) is 24.0 Å². The third kappa shape index (κ3) is 0.885. The molecule has 2 nitrogen and oxygen atoms in total. The normalized spacial score (nSPS) is 22.6. The Morgan fingerprint density at radius 1 is 1.70 bits per heavy atom. The fourth-order valence-corrected chi connectivity index (χ4v) is 2.53. The van der Waals surface area contributed by atoms with Gasteiger partial charge in [0.2, 0.25) is 0 Å². The summed E-state index contributed by atoms with van der Waals surface area (Å²) in [5.74, 6) is 0. The largest absolute Gasteiger partial charge is 0.259 e. The molecule has 0 spiro atoms. The quantitative estimate of drug-likeness (QED) is 0.615. The van der Waals surface area contributed by atoms with Crippen LogP contribution in [0, 0.1) is 0 Å². The van der Waals surface area contributed by atoms with Gasteiger partial charge in [-0.05, 0) is 33.0 Å². The molecule has 1 aromatic rings. The van der Waals surface area contributed by atoms with E-state index in [4.69, 9.17) is 11.2 Å². The number of nitrogens with one attached hydrogen (secondary N) is 1. The SMILES string of the molecule is S=S1NCc2ncccc21. The first-order chi connectivity index (χ1) is 4.88. The molecule has 1 aliphatic heterocycles. The molecule has 0 fully saturated rings. The van der Waals surface area contributed by atoms with E-state index in [-0.39, 0.29) is 9.64 Å². The monoisotopic (exact) mass is 170 g/mol. The van der Waals surface area contributed by atoms with Crippen molar-refractivity contribution in [3.63, 3.8) is 0 Å². The van der Waals surface area contributed by atoms with E-state index >= 15 is 0 Å². The van der Waals surface area contributed by atoms with E-state index in [1.165, 1.54) is 4.90 Å². The van der Waals surface area contributed by atoms with Crippen LogP contribution in [0.15, 0.2) is 23.2 Å². The molecule has 1 unspecified atom stereocenters. The lowest BCUT2D eigenvalue weighted by Crippen LogP contribution is -2.04. The lowest BCUT2D eigenvalue weighted by atomic mass is 10.3. The minimum Gasteiger partial charge on any atom is -0.259 e. The molecule has 0 aromatic carbocycles. The van der Waals surface area contributed by atoms with E-state index in [9.17, 15) is 0 Å². The Bertz CT molecular complexity index is 285. The molecule has 1 aromatic heterocycles. The number of fused-ring (bicyclic) bond motifs is 1. The zero-order valence-corrected chi connectivity index (χ0v) is 6.84. The second-order valence-electron chi connectivity index (χ2n) is 2.04. The van der Waals surface area contributed by atoms with Crippen molar-refractivity contribution in [3.8, 4) is 0 Å². The van der Waals surface area contributed by atoms with E-state index < -0.39 is 0 Å². The van der Waals surface area contributed by atoms with Gasteiger partial charge in [0.05, 0.1) is 12.2 Å². The smallest absolute Gasteiger partial charge is 0.0702 e. The predicted octanol–water partition coefficient (Wildman–Crippen LogP) is 0.539. The van der Waals surface area contributed by atoms with Gasteiger partial charge in [-0.15, -0.1) is 0 Å². The van der Waals surface area contributed by atoms with E-state index in [2.05, 4.69) is 9.71 Å². The Morgan fingerprint density at radius 2 is 2.60 bits per heavy atom. The number of rotatable bonds is 0. The molecule has 4 heteroatoms. The van der Waals surface area contributed by atoms with E-state index in [1.54, 1.807) is 6.20 Å². The fourth-order valence-electron chi connectivity index (χ4n) is 0.936. The minimum absolute atomic E-state index is 0.177. The summed E-state index contributed by atoms with van der Waals surface area (Å²) < 4.78 is 3.16. The first-order valence-corrected chi connectivity index (χ1v) is 5.12. The van der Waals surface area contributed by atoms with E-state index in [0.717, 1.165) is 12.2 Å². The van der Waals surface area contributed by atoms with Crippen LogP contribution in [-0.2, 0) is 27.4 Å². The average Bonchev–Trinajstić information content (AvgIpc) is 2.34. The molecule has 1 N–H and O–H groups in total. The maximum atomic E-state index is 5.13. The number of hydrogen-bond donors (Lipinski definition) is 1. The minimum atomic E-state index is -0.177. The Morgan fingerprint density at radius 3 is 3.40 bits per heavy atom. The highest BCUT2D eigenvalue weighted by molar-refractivity contribution is 8.27. The summed E-state index contributed by atoms with van der Waals surface area (Å²) in [5.41, 5.74) is 1.11. The average molecular weight is 170 g/mol. The second-order valence-corrected chi connectivity index (χ2v) is 4.30. The standard InChI is InChI=1S/C6H6N2S2/c9-10-6-2-1-3-7-5(6)4-8-10/h1-3,8H,4H2. The Labute approximate surface area is 66.4 Å². The van der Waals surface area contributed by atoms with Crippen molar-refractivity contribution in [2.75, 3.05) is 0 Å². The van der Waals surface area contributed by atoms with Crippen molar-refractivity contribution in [2.24, 2.45) is 0 Å². The van der Waals surface area contributed by atoms with Gasteiger partial charge in [0.25, 0.3) is 0 Å². The second kappa shape index (κ2) is 2.38. The van der Waals surface area contributed by atoms with Crippen LogP contribution in [0.4, 0.5) is 0 Å². The highest BCUT2D eigenvalue weighted by Crippen LogP contribution is 2.15. The lowest BCUT2D eigenvalue weighted by molar-refractivity contribution is 0.929. The number of nitrogens with zero attached hydrogens (tertiary/aromatic N) is 1. The van der Waals surface area contributed by atoms with Crippen LogP contribution in [0.2, 0.25) is 0 Å². The van der Waals surface area contributed by atoms with Gasteiger partial charge < -0.3 is 0 Å². The third-order valence-electron chi connectivity index (χ3n) is 1.42. The maximum Gasteiger partial charge on any atom is 0.0702 e. The van der Waals surface area contributed by atoms with Crippen LogP contribution >= 0.6 is 0 Å². The topological polar surface area (TPSA) is 24.9 Å². The third-order valence-corrected chi connectivity index (χ3v) is 3.49. The molecule has 0 saturated carbocycles. The molecule has 0 saturated heterocycles. The van der Waals surface area contributed by atoms with Crippen molar-refractivity contribution >= 4 is 20.8 Å². The highest BCUT2D eigenvalue weighted by Gasteiger charge is 2.13. The summed E-state index contributed by atoms with van der Waals surface area (Å²) in [6.07, 6.45) is 1.80. The molecule has 2 rings (SSSR count). The van der Waals surface area contributed by atoms with Gasteiger partial charge in [-0.1, -0.05) is 0 Å². The van der Waals surface area contributed by atoms with Gasteiger partial charge in [0, 0.05) is 11.1 Å². The van der Waals surface area contributed by atoms with Gasteiger partial charge in [0.1, 0.15) is 0 Å². The zero-order chi connectivity index (χ0) is 6.97. The summed E-state index contributed by atoms with van der Waals surface area (Å²) in [5, 5.41) is 0. The first kappa shape index (κ1) is 6.39. The van der Waals surface area contributed by atoms with E-state index in [1.807, 2.05) is 12.1 Å². The number of pyridine rings is 1. The van der Waals surface area contributed by atoms with Crippen LogP contribution in [0.1, 0.15) is 5.69 Å². The fraction of sp³-hybridized carbons (Fsp3) is 0.167. The zero-order valence-electron chi connectivity index (χ0n) is 5.20. The Hall–Kier alpha value is -0.320. The van der Waals surface area contributed by atoms with Gasteiger partial charge in [-0.3, -0.25) is 9.71 Å². The van der Waals surface area contributed by atoms with Crippen LogP contribution in [0.3, 0.4) is 0 Å². The van der Waals surface area contributed by atoms with E-state index in [0.29, 0.717) is 0 Å². The van der Waals surface area contributed by atoms with Crippen LogP contribution < -0.4 is 4.72 Å². The van der Waals surface area contributed by atoms with Crippen molar-refractivity contribution < 1.29 is 0 Å².